The highest BCUT2D eigenvalue weighted by atomic mass is 35.5. The molecule has 0 aromatic heterocycles. The van der Waals surface area contributed by atoms with Gasteiger partial charge in [0.1, 0.15) is 0 Å². The zero-order valence-corrected chi connectivity index (χ0v) is 6.77. The van der Waals surface area contributed by atoms with Crippen LogP contribution in [0.5, 0.6) is 0 Å². The molecule has 0 spiro atoms. The molecule has 1 aliphatic rings. The highest BCUT2D eigenvalue weighted by Crippen LogP contribution is 2.36. The van der Waals surface area contributed by atoms with Crippen molar-refractivity contribution in [2.75, 3.05) is 0 Å². The van der Waals surface area contributed by atoms with Crippen molar-refractivity contribution in [2.45, 2.75) is 4.46 Å². The van der Waals surface area contributed by atoms with Crippen LogP contribution in [0.3, 0.4) is 0 Å². The summed E-state index contributed by atoms with van der Waals surface area (Å²) in [5.74, 6) is -0.759. The molecule has 0 N–H and O–H groups in total. The van der Waals surface area contributed by atoms with Gasteiger partial charge in [-0.25, -0.2) is 9.29 Å². The molecule has 5 heteroatoms. The second-order valence-corrected chi connectivity index (χ2v) is 3.15. The highest BCUT2D eigenvalue weighted by Gasteiger charge is 2.37. The Kier molecular flexibility index (Phi) is 2.08. The van der Waals surface area contributed by atoms with Crippen LogP contribution in [0.2, 0.25) is 0 Å². The first-order chi connectivity index (χ1) is 5.09. The Morgan fingerprint density at radius 1 is 1.64 bits per heavy atom. The predicted molar refractivity (Wildman–Crippen MR) is 40.2 cm³/mol. The largest absolute Gasteiger partial charge is 0.255 e. The quantitative estimate of drug-likeness (QED) is 0.335. The zero-order valence-electron chi connectivity index (χ0n) is 5.26. The molecule has 0 aliphatic carbocycles. The van der Waals surface area contributed by atoms with Gasteiger partial charge < -0.3 is 0 Å². The lowest BCUT2D eigenvalue weighted by molar-refractivity contribution is 0.402. The molecule has 0 aromatic rings. The number of rotatable bonds is 0. The smallest absolute Gasteiger partial charge is 0.246 e. The van der Waals surface area contributed by atoms with Crippen molar-refractivity contribution >= 4 is 23.2 Å². The van der Waals surface area contributed by atoms with Gasteiger partial charge >= 0.3 is 0 Å². The number of hydrogen-bond acceptors (Lipinski definition) is 2. The van der Waals surface area contributed by atoms with E-state index in [1.807, 2.05) is 0 Å². The molecule has 1 rings (SSSR count). The summed E-state index contributed by atoms with van der Waals surface area (Å²) >= 11 is 10.9. The molecule has 0 atom stereocenters. The average molecular weight is 193 g/mol. The van der Waals surface area contributed by atoms with Crippen molar-refractivity contribution in [3.8, 4) is 6.19 Å². The van der Waals surface area contributed by atoms with Gasteiger partial charge in [-0.3, -0.25) is 0 Å². The van der Waals surface area contributed by atoms with E-state index in [1.165, 1.54) is 12.3 Å². The van der Waals surface area contributed by atoms with Crippen molar-refractivity contribution in [2.24, 2.45) is 0 Å². The van der Waals surface area contributed by atoms with Gasteiger partial charge in [-0.05, 0) is 12.2 Å². The Morgan fingerprint density at radius 3 is 2.73 bits per heavy atom. The summed E-state index contributed by atoms with van der Waals surface area (Å²) in [4.78, 5) is 0.811. The molecule has 0 bridgehead atoms. The van der Waals surface area contributed by atoms with Gasteiger partial charge in [0.25, 0.3) is 4.46 Å². The monoisotopic (exact) mass is 192 g/mol. The SMILES string of the molecule is N#CN1C=CC=C(F)C1(Cl)Cl. The molecule has 0 aromatic carbocycles. The lowest BCUT2D eigenvalue weighted by Crippen LogP contribution is -2.33. The van der Waals surface area contributed by atoms with E-state index in [1.54, 1.807) is 6.19 Å². The van der Waals surface area contributed by atoms with E-state index in [0.29, 0.717) is 0 Å². The molecule has 1 heterocycles. The predicted octanol–water partition coefficient (Wildman–Crippen LogP) is 2.28. The van der Waals surface area contributed by atoms with Gasteiger partial charge in [0.15, 0.2) is 12.0 Å². The van der Waals surface area contributed by atoms with Gasteiger partial charge in [-0.1, -0.05) is 23.2 Å². The van der Waals surface area contributed by atoms with Crippen LogP contribution in [-0.2, 0) is 0 Å². The first kappa shape index (κ1) is 8.38. The first-order valence-electron chi connectivity index (χ1n) is 2.70. The average Bonchev–Trinajstić information content (AvgIpc) is 1.95. The second-order valence-electron chi connectivity index (χ2n) is 1.87. The standard InChI is InChI=1S/C6H3Cl2FN2/c7-6(8)5(9)2-1-3-11(6)4-10/h1-3H. The zero-order chi connectivity index (χ0) is 8.48. The van der Waals surface area contributed by atoms with Crippen LogP contribution in [0, 0.1) is 11.5 Å². The van der Waals surface area contributed by atoms with E-state index in [0.717, 1.165) is 11.0 Å². The van der Waals surface area contributed by atoms with Crippen molar-refractivity contribution in [3.63, 3.8) is 0 Å². The van der Waals surface area contributed by atoms with Crippen LogP contribution in [0.25, 0.3) is 0 Å². The number of allylic oxidation sites excluding steroid dienone is 2. The number of hydrogen-bond donors (Lipinski definition) is 0. The lowest BCUT2D eigenvalue weighted by atomic mass is 10.3. The van der Waals surface area contributed by atoms with E-state index in [9.17, 15) is 4.39 Å². The molecular weight excluding hydrogens is 190 g/mol. The molecule has 11 heavy (non-hydrogen) atoms. The summed E-state index contributed by atoms with van der Waals surface area (Å²) in [7, 11) is 0. The topological polar surface area (TPSA) is 27.0 Å². The van der Waals surface area contributed by atoms with Gasteiger partial charge in [-0.15, -0.1) is 0 Å². The van der Waals surface area contributed by atoms with Gasteiger partial charge in [0.2, 0.25) is 0 Å². The number of nitrogens with zero attached hydrogens (tertiary/aromatic N) is 2. The summed E-state index contributed by atoms with van der Waals surface area (Å²) in [6.07, 6.45) is 5.37. The normalized spacial score (nSPS) is 20.9. The Labute approximate surface area is 73.1 Å². The molecule has 2 nitrogen and oxygen atoms in total. The summed E-state index contributed by atoms with van der Waals surface area (Å²) in [5.41, 5.74) is 0. The third-order valence-corrected chi connectivity index (χ3v) is 1.90. The van der Waals surface area contributed by atoms with E-state index in [2.05, 4.69) is 0 Å². The molecule has 0 saturated carbocycles. The second kappa shape index (κ2) is 2.72. The lowest BCUT2D eigenvalue weighted by Gasteiger charge is -2.26. The van der Waals surface area contributed by atoms with E-state index in [4.69, 9.17) is 28.5 Å². The van der Waals surface area contributed by atoms with Crippen LogP contribution >= 0.6 is 23.2 Å². The summed E-state index contributed by atoms with van der Waals surface area (Å²) < 4.78 is 10.9. The molecule has 0 amide bonds. The van der Waals surface area contributed by atoms with Crippen LogP contribution < -0.4 is 0 Å². The van der Waals surface area contributed by atoms with Gasteiger partial charge in [0, 0.05) is 6.20 Å². The van der Waals surface area contributed by atoms with Crippen molar-refractivity contribution in [1.29, 1.82) is 5.26 Å². The first-order valence-corrected chi connectivity index (χ1v) is 3.46. The van der Waals surface area contributed by atoms with E-state index >= 15 is 0 Å². The fraction of sp³-hybridized carbons (Fsp3) is 0.167. The van der Waals surface area contributed by atoms with Crippen molar-refractivity contribution < 1.29 is 4.39 Å². The Balaban J connectivity index is 3.01. The molecule has 1 aliphatic heterocycles. The molecule has 0 unspecified atom stereocenters. The maximum absolute atomic E-state index is 12.8. The van der Waals surface area contributed by atoms with Crippen LogP contribution in [0.15, 0.2) is 24.2 Å². The minimum absolute atomic E-state index is 0.759. The molecule has 58 valence electrons. The van der Waals surface area contributed by atoms with Crippen molar-refractivity contribution in [3.05, 3.63) is 24.2 Å². The van der Waals surface area contributed by atoms with Gasteiger partial charge in [-0.2, -0.15) is 5.26 Å². The maximum Gasteiger partial charge on any atom is 0.255 e. The number of alkyl halides is 2. The minimum Gasteiger partial charge on any atom is -0.246 e. The fourth-order valence-electron chi connectivity index (χ4n) is 0.619. The molecular formula is C6H3Cl2FN2. The third-order valence-electron chi connectivity index (χ3n) is 1.18. The molecule has 0 fully saturated rings. The Hall–Kier alpha value is -0.720. The summed E-state index contributed by atoms with van der Waals surface area (Å²) in [5, 5.41) is 8.41. The number of halogens is 3. The van der Waals surface area contributed by atoms with E-state index < -0.39 is 10.3 Å². The van der Waals surface area contributed by atoms with Crippen LogP contribution in [0.1, 0.15) is 0 Å². The van der Waals surface area contributed by atoms with Crippen LogP contribution in [0.4, 0.5) is 4.39 Å². The maximum atomic E-state index is 12.8. The fourth-order valence-corrected chi connectivity index (χ4v) is 0.933. The summed E-state index contributed by atoms with van der Waals surface area (Å²) in [6.45, 7) is 0. The number of nitriles is 1. The summed E-state index contributed by atoms with van der Waals surface area (Å²) in [6, 6.07) is 0. The van der Waals surface area contributed by atoms with E-state index in [-0.39, 0.29) is 0 Å². The minimum atomic E-state index is -1.87. The Morgan fingerprint density at radius 2 is 2.27 bits per heavy atom. The highest BCUT2D eigenvalue weighted by molar-refractivity contribution is 6.50. The molecule has 0 radical (unpaired) electrons. The molecule has 0 saturated heterocycles. The van der Waals surface area contributed by atoms with Crippen molar-refractivity contribution in [1.82, 2.24) is 4.90 Å². The third kappa shape index (κ3) is 1.32. The Bertz CT molecular complexity index is 264. The van der Waals surface area contributed by atoms with Gasteiger partial charge in [0.05, 0.1) is 0 Å². The van der Waals surface area contributed by atoms with Crippen LogP contribution in [-0.4, -0.2) is 9.36 Å².